The van der Waals surface area contributed by atoms with Gasteiger partial charge in [-0.15, -0.1) is 0 Å². The number of nitriles is 1. The van der Waals surface area contributed by atoms with Gasteiger partial charge in [-0.2, -0.15) is 9.57 Å². The molecule has 0 fully saturated rings. The van der Waals surface area contributed by atoms with Crippen LogP contribution in [0, 0.1) is 11.3 Å². The van der Waals surface area contributed by atoms with Crippen molar-refractivity contribution < 1.29 is 21.6 Å². The van der Waals surface area contributed by atoms with E-state index in [4.69, 9.17) is 9.68 Å². The molecule has 5 nitrogen and oxygen atoms in total. The number of sulfonamides is 1. The van der Waals surface area contributed by atoms with E-state index >= 15 is 0 Å². The van der Waals surface area contributed by atoms with E-state index < -0.39 is 34.1 Å². The van der Waals surface area contributed by atoms with Crippen LogP contribution in [0.4, 0.5) is 8.78 Å². The van der Waals surface area contributed by atoms with Crippen LogP contribution in [-0.2, 0) is 10.0 Å². The van der Waals surface area contributed by atoms with Crippen molar-refractivity contribution in [3.8, 4) is 6.07 Å². The molecule has 1 rings (SSSR count). The fourth-order valence-corrected chi connectivity index (χ4v) is 2.89. The van der Waals surface area contributed by atoms with Gasteiger partial charge in [-0.3, -0.25) is 0 Å². The van der Waals surface area contributed by atoms with E-state index in [1.165, 1.54) is 19.9 Å². The van der Waals surface area contributed by atoms with Gasteiger partial charge in [-0.05, 0) is 26.0 Å². The Balaban J connectivity index is 3.13. The quantitative estimate of drug-likeness (QED) is 0.823. The average molecular weight is 278 g/mol. The van der Waals surface area contributed by atoms with Gasteiger partial charge in [0, 0.05) is 6.04 Å². The Morgan fingerprint density at radius 1 is 1.44 bits per heavy atom. The van der Waals surface area contributed by atoms with Gasteiger partial charge in [0.25, 0.3) is 16.4 Å². The summed E-state index contributed by atoms with van der Waals surface area (Å²) in [6.07, 6.45) is -2.78. The van der Waals surface area contributed by atoms with Crippen LogP contribution in [0.15, 0.2) is 21.6 Å². The first-order chi connectivity index (χ1) is 8.28. The summed E-state index contributed by atoms with van der Waals surface area (Å²) in [4.78, 5) is 0. The summed E-state index contributed by atoms with van der Waals surface area (Å²) < 4.78 is 54.2. The van der Waals surface area contributed by atoms with Gasteiger partial charge in [0.1, 0.15) is 6.07 Å². The highest BCUT2D eigenvalue weighted by atomic mass is 32.2. The molecule has 0 radical (unpaired) electrons. The SMILES string of the molecule is CC(C)N(CC(F)F)S(=O)(=O)c1ccc(C#N)o1. The number of alkyl halides is 2. The minimum Gasteiger partial charge on any atom is -0.433 e. The largest absolute Gasteiger partial charge is 0.433 e. The zero-order valence-electron chi connectivity index (χ0n) is 9.80. The fraction of sp³-hybridized carbons (Fsp3) is 0.500. The second-order valence-electron chi connectivity index (χ2n) is 3.79. The molecule has 1 aromatic heterocycles. The number of rotatable bonds is 5. The third-order valence-corrected chi connectivity index (χ3v) is 4.06. The standard InChI is InChI=1S/C10H12F2N2O3S/c1-7(2)14(6-9(11)12)18(15,16)10-4-3-8(5-13)17-10/h3-4,7,9H,6H2,1-2H3. The van der Waals surface area contributed by atoms with Crippen LogP contribution in [0.2, 0.25) is 0 Å². The molecule has 0 aliphatic carbocycles. The molecule has 0 unspecified atom stereocenters. The van der Waals surface area contributed by atoms with Gasteiger partial charge < -0.3 is 4.42 Å². The number of hydrogen-bond acceptors (Lipinski definition) is 4. The van der Waals surface area contributed by atoms with Gasteiger partial charge in [-0.1, -0.05) is 0 Å². The lowest BCUT2D eigenvalue weighted by Gasteiger charge is -2.23. The molecule has 0 saturated heterocycles. The molecule has 0 aliphatic rings. The molecular formula is C10H12F2N2O3S. The van der Waals surface area contributed by atoms with E-state index in [0.717, 1.165) is 6.07 Å². The van der Waals surface area contributed by atoms with Crippen LogP contribution in [0.3, 0.4) is 0 Å². The number of halogens is 2. The molecule has 0 bridgehead atoms. The lowest BCUT2D eigenvalue weighted by Crippen LogP contribution is -2.40. The van der Waals surface area contributed by atoms with Crippen molar-refractivity contribution in [2.24, 2.45) is 0 Å². The summed E-state index contributed by atoms with van der Waals surface area (Å²) in [7, 11) is -4.15. The Hall–Kier alpha value is -1.46. The van der Waals surface area contributed by atoms with Crippen LogP contribution in [0.25, 0.3) is 0 Å². The summed E-state index contributed by atoms with van der Waals surface area (Å²) in [5, 5.41) is 8.03. The lowest BCUT2D eigenvalue weighted by molar-refractivity contribution is 0.110. The van der Waals surface area contributed by atoms with Crippen LogP contribution in [0.1, 0.15) is 19.6 Å². The number of furan rings is 1. The maximum atomic E-state index is 12.4. The maximum Gasteiger partial charge on any atom is 0.276 e. The predicted molar refractivity (Wildman–Crippen MR) is 58.5 cm³/mol. The molecular weight excluding hydrogens is 266 g/mol. The Morgan fingerprint density at radius 3 is 2.44 bits per heavy atom. The van der Waals surface area contributed by atoms with Crippen molar-refractivity contribution in [3.05, 3.63) is 17.9 Å². The highest BCUT2D eigenvalue weighted by molar-refractivity contribution is 7.89. The predicted octanol–water partition coefficient (Wildman–Crippen LogP) is 1.82. The highest BCUT2D eigenvalue weighted by Gasteiger charge is 2.32. The normalized spacial score (nSPS) is 12.3. The molecule has 0 amide bonds. The van der Waals surface area contributed by atoms with Crippen LogP contribution in [-0.4, -0.2) is 31.7 Å². The maximum absolute atomic E-state index is 12.4. The van der Waals surface area contributed by atoms with E-state index in [9.17, 15) is 17.2 Å². The summed E-state index contributed by atoms with van der Waals surface area (Å²) in [6.45, 7) is 2.05. The zero-order valence-corrected chi connectivity index (χ0v) is 10.6. The molecule has 8 heteroatoms. The van der Waals surface area contributed by atoms with Crippen molar-refractivity contribution >= 4 is 10.0 Å². The van der Waals surface area contributed by atoms with Gasteiger partial charge in [-0.25, -0.2) is 17.2 Å². The van der Waals surface area contributed by atoms with Gasteiger partial charge in [0.2, 0.25) is 10.9 Å². The highest BCUT2D eigenvalue weighted by Crippen LogP contribution is 2.21. The Bertz CT molecular complexity index is 546. The average Bonchev–Trinajstić information content (AvgIpc) is 2.74. The molecule has 100 valence electrons. The first-order valence-electron chi connectivity index (χ1n) is 5.09. The second kappa shape index (κ2) is 5.46. The van der Waals surface area contributed by atoms with Gasteiger partial charge in [0.15, 0.2) is 0 Å². The minimum absolute atomic E-state index is 0.186. The summed E-state index contributed by atoms with van der Waals surface area (Å²) >= 11 is 0. The van der Waals surface area contributed by atoms with Crippen LogP contribution < -0.4 is 0 Å². The van der Waals surface area contributed by atoms with Crippen molar-refractivity contribution in [1.29, 1.82) is 5.26 Å². The summed E-state index contributed by atoms with van der Waals surface area (Å²) in [6, 6.07) is 3.24. The summed E-state index contributed by atoms with van der Waals surface area (Å²) in [5.74, 6) is -0.186. The molecule has 1 aromatic rings. The van der Waals surface area contributed by atoms with Gasteiger partial charge in [0.05, 0.1) is 6.54 Å². The molecule has 0 saturated carbocycles. The number of hydrogen-bond donors (Lipinski definition) is 0. The van der Waals surface area contributed by atoms with E-state index in [0.29, 0.717) is 4.31 Å². The molecule has 0 atom stereocenters. The molecule has 0 spiro atoms. The Morgan fingerprint density at radius 2 is 2.06 bits per heavy atom. The Kier molecular flexibility index (Phi) is 4.43. The van der Waals surface area contributed by atoms with Crippen LogP contribution in [0.5, 0.6) is 0 Å². The number of nitrogens with zero attached hydrogens (tertiary/aromatic N) is 2. The lowest BCUT2D eigenvalue weighted by atomic mass is 10.4. The van der Waals surface area contributed by atoms with Crippen molar-refractivity contribution in [2.75, 3.05) is 6.54 Å². The summed E-state index contributed by atoms with van der Waals surface area (Å²) in [5.41, 5.74) is 0. The molecule has 0 N–H and O–H groups in total. The second-order valence-corrected chi connectivity index (χ2v) is 5.61. The van der Waals surface area contributed by atoms with E-state index in [-0.39, 0.29) is 5.76 Å². The first-order valence-corrected chi connectivity index (χ1v) is 6.53. The topological polar surface area (TPSA) is 74.3 Å². The van der Waals surface area contributed by atoms with Crippen molar-refractivity contribution in [1.82, 2.24) is 4.31 Å². The first kappa shape index (κ1) is 14.6. The third-order valence-electron chi connectivity index (χ3n) is 2.15. The molecule has 18 heavy (non-hydrogen) atoms. The molecule has 1 heterocycles. The zero-order chi connectivity index (χ0) is 13.9. The van der Waals surface area contributed by atoms with Crippen molar-refractivity contribution in [2.45, 2.75) is 31.4 Å². The van der Waals surface area contributed by atoms with Crippen LogP contribution >= 0.6 is 0 Å². The van der Waals surface area contributed by atoms with Gasteiger partial charge >= 0.3 is 0 Å². The smallest absolute Gasteiger partial charge is 0.276 e. The Labute approximate surface area is 104 Å². The van der Waals surface area contributed by atoms with E-state index in [1.54, 1.807) is 6.07 Å². The monoisotopic (exact) mass is 278 g/mol. The van der Waals surface area contributed by atoms with E-state index in [2.05, 4.69) is 0 Å². The minimum atomic E-state index is -4.15. The van der Waals surface area contributed by atoms with E-state index in [1.807, 2.05) is 0 Å². The van der Waals surface area contributed by atoms with Crippen molar-refractivity contribution in [3.63, 3.8) is 0 Å². The molecule has 0 aromatic carbocycles. The fourth-order valence-electron chi connectivity index (χ4n) is 1.36. The molecule has 0 aliphatic heterocycles. The third kappa shape index (κ3) is 3.05.